The van der Waals surface area contributed by atoms with Crippen molar-refractivity contribution in [1.82, 2.24) is 0 Å². The lowest BCUT2D eigenvalue weighted by molar-refractivity contribution is -0.111. The van der Waals surface area contributed by atoms with Crippen LogP contribution in [0.4, 0.5) is 5.69 Å². The molecule has 3 aromatic carbocycles. The quantitative estimate of drug-likeness (QED) is 0.625. The Balaban J connectivity index is 1.76. The van der Waals surface area contributed by atoms with Crippen LogP contribution in [0.2, 0.25) is 0 Å². The number of hydrogen-bond acceptors (Lipinski definition) is 2. The molecule has 1 amide bonds. The predicted molar refractivity (Wildman–Crippen MR) is 102 cm³/mol. The normalized spacial score (nSPS) is 10.9. The number of rotatable bonds is 4. The Morgan fingerprint density at radius 3 is 2.62 bits per heavy atom. The van der Waals surface area contributed by atoms with Gasteiger partial charge >= 0.3 is 0 Å². The third kappa shape index (κ3) is 3.84. The van der Waals surface area contributed by atoms with Gasteiger partial charge in [-0.25, -0.2) is 0 Å². The first-order valence-electron chi connectivity index (χ1n) is 7.47. The van der Waals surface area contributed by atoms with Gasteiger partial charge in [0.15, 0.2) is 0 Å². The molecule has 0 saturated heterocycles. The highest BCUT2D eigenvalue weighted by Crippen LogP contribution is 2.24. The maximum Gasteiger partial charge on any atom is 0.248 e. The molecule has 0 aromatic heterocycles. The standard InChI is InChI=1S/C20H16BrNO2/c1-24-19-10-8-17(21)12-16(19)7-11-20(23)22-18-9-6-14-4-2-3-5-15(14)13-18/h2-13H,1H3,(H,22,23)/b11-7+. The third-order valence-electron chi connectivity index (χ3n) is 3.62. The molecule has 0 aliphatic carbocycles. The fraction of sp³-hybridized carbons (Fsp3) is 0.0500. The summed E-state index contributed by atoms with van der Waals surface area (Å²) in [6.45, 7) is 0. The molecule has 4 heteroatoms. The van der Waals surface area contributed by atoms with Crippen LogP contribution in [-0.2, 0) is 4.79 Å². The van der Waals surface area contributed by atoms with E-state index in [1.807, 2.05) is 60.7 Å². The van der Waals surface area contributed by atoms with Gasteiger partial charge in [0.05, 0.1) is 7.11 Å². The van der Waals surface area contributed by atoms with Crippen molar-refractivity contribution in [2.45, 2.75) is 0 Å². The van der Waals surface area contributed by atoms with Gasteiger partial charge in [-0.1, -0.05) is 46.3 Å². The Labute approximate surface area is 149 Å². The molecule has 0 heterocycles. The maximum atomic E-state index is 12.2. The zero-order valence-corrected chi connectivity index (χ0v) is 14.7. The molecule has 3 nitrogen and oxygen atoms in total. The summed E-state index contributed by atoms with van der Waals surface area (Å²) >= 11 is 3.42. The highest BCUT2D eigenvalue weighted by molar-refractivity contribution is 9.10. The minimum Gasteiger partial charge on any atom is -0.496 e. The average Bonchev–Trinajstić information content (AvgIpc) is 2.60. The number of amides is 1. The van der Waals surface area contributed by atoms with Crippen LogP contribution in [-0.4, -0.2) is 13.0 Å². The van der Waals surface area contributed by atoms with Gasteiger partial charge in [0.25, 0.3) is 0 Å². The average molecular weight is 382 g/mol. The smallest absolute Gasteiger partial charge is 0.248 e. The number of fused-ring (bicyclic) bond motifs is 1. The predicted octanol–water partition coefficient (Wildman–Crippen LogP) is 5.26. The van der Waals surface area contributed by atoms with Crippen molar-refractivity contribution in [2.24, 2.45) is 0 Å². The van der Waals surface area contributed by atoms with Crippen molar-refractivity contribution in [2.75, 3.05) is 12.4 Å². The molecule has 0 saturated carbocycles. The summed E-state index contributed by atoms with van der Waals surface area (Å²) < 4.78 is 6.22. The third-order valence-corrected chi connectivity index (χ3v) is 4.12. The van der Waals surface area contributed by atoms with Crippen LogP contribution in [0.1, 0.15) is 5.56 Å². The molecule has 0 aliphatic rings. The molecule has 0 spiro atoms. The van der Waals surface area contributed by atoms with E-state index < -0.39 is 0 Å². The van der Waals surface area contributed by atoms with E-state index >= 15 is 0 Å². The minimum absolute atomic E-state index is 0.188. The van der Waals surface area contributed by atoms with E-state index in [9.17, 15) is 4.79 Å². The van der Waals surface area contributed by atoms with E-state index in [1.165, 1.54) is 6.08 Å². The maximum absolute atomic E-state index is 12.2. The summed E-state index contributed by atoms with van der Waals surface area (Å²) in [5.41, 5.74) is 1.60. The summed E-state index contributed by atoms with van der Waals surface area (Å²) in [4.78, 5) is 12.2. The largest absolute Gasteiger partial charge is 0.496 e. The van der Waals surface area contributed by atoms with Crippen LogP contribution >= 0.6 is 15.9 Å². The molecule has 0 aliphatic heterocycles. The first-order chi connectivity index (χ1) is 11.7. The second kappa shape index (κ2) is 7.32. The highest BCUT2D eigenvalue weighted by atomic mass is 79.9. The highest BCUT2D eigenvalue weighted by Gasteiger charge is 2.03. The molecule has 3 rings (SSSR count). The molecule has 1 N–H and O–H groups in total. The van der Waals surface area contributed by atoms with Gasteiger partial charge in [-0.15, -0.1) is 0 Å². The number of nitrogens with one attached hydrogen (secondary N) is 1. The fourth-order valence-corrected chi connectivity index (χ4v) is 2.83. The zero-order chi connectivity index (χ0) is 16.9. The van der Waals surface area contributed by atoms with Crippen molar-refractivity contribution in [1.29, 1.82) is 0 Å². The summed E-state index contributed by atoms with van der Waals surface area (Å²) in [5.74, 6) is 0.528. The van der Waals surface area contributed by atoms with Crippen molar-refractivity contribution < 1.29 is 9.53 Å². The monoisotopic (exact) mass is 381 g/mol. The van der Waals surface area contributed by atoms with Crippen molar-refractivity contribution in [3.8, 4) is 5.75 Å². The molecule has 0 bridgehead atoms. The number of ether oxygens (including phenoxy) is 1. The fourth-order valence-electron chi connectivity index (χ4n) is 2.45. The van der Waals surface area contributed by atoms with E-state index in [1.54, 1.807) is 13.2 Å². The molecule has 120 valence electrons. The molecular weight excluding hydrogens is 366 g/mol. The molecular formula is C20H16BrNO2. The van der Waals surface area contributed by atoms with E-state index in [0.29, 0.717) is 5.75 Å². The lowest BCUT2D eigenvalue weighted by atomic mass is 10.1. The van der Waals surface area contributed by atoms with Crippen LogP contribution in [0.3, 0.4) is 0 Å². The lowest BCUT2D eigenvalue weighted by Crippen LogP contribution is -2.07. The second-order valence-electron chi connectivity index (χ2n) is 5.27. The Kier molecular flexibility index (Phi) is 4.96. The number of anilines is 1. The number of benzene rings is 3. The lowest BCUT2D eigenvalue weighted by Gasteiger charge is -2.06. The van der Waals surface area contributed by atoms with Gasteiger partial charge in [0.1, 0.15) is 5.75 Å². The zero-order valence-electron chi connectivity index (χ0n) is 13.1. The molecule has 0 fully saturated rings. The SMILES string of the molecule is COc1ccc(Br)cc1/C=C/C(=O)Nc1ccc2ccccc2c1. The number of halogens is 1. The van der Waals surface area contributed by atoms with E-state index in [4.69, 9.17) is 4.74 Å². The summed E-state index contributed by atoms with van der Waals surface area (Å²) in [6.07, 6.45) is 3.24. The number of carbonyl (C=O) groups excluding carboxylic acids is 1. The topological polar surface area (TPSA) is 38.3 Å². The molecule has 0 unspecified atom stereocenters. The molecule has 24 heavy (non-hydrogen) atoms. The van der Waals surface area contributed by atoms with Crippen molar-refractivity contribution >= 4 is 44.4 Å². The van der Waals surface area contributed by atoms with Gasteiger partial charge in [0, 0.05) is 21.8 Å². The Bertz CT molecular complexity index is 918. The minimum atomic E-state index is -0.188. The van der Waals surface area contributed by atoms with E-state index in [-0.39, 0.29) is 5.91 Å². The Hall–Kier alpha value is -2.59. The van der Waals surface area contributed by atoms with Gasteiger partial charge in [-0.3, -0.25) is 4.79 Å². The molecule has 0 radical (unpaired) electrons. The summed E-state index contributed by atoms with van der Waals surface area (Å²) in [5, 5.41) is 5.11. The van der Waals surface area contributed by atoms with Crippen LogP contribution in [0.5, 0.6) is 5.75 Å². The van der Waals surface area contributed by atoms with Gasteiger partial charge in [-0.05, 0) is 47.2 Å². The van der Waals surface area contributed by atoms with Crippen LogP contribution < -0.4 is 10.1 Å². The van der Waals surface area contributed by atoms with E-state index in [0.717, 1.165) is 26.5 Å². The van der Waals surface area contributed by atoms with Crippen LogP contribution in [0.25, 0.3) is 16.8 Å². The second-order valence-corrected chi connectivity index (χ2v) is 6.19. The first-order valence-corrected chi connectivity index (χ1v) is 8.26. The molecule has 0 atom stereocenters. The Morgan fingerprint density at radius 1 is 1.04 bits per heavy atom. The number of methoxy groups -OCH3 is 1. The Morgan fingerprint density at radius 2 is 1.83 bits per heavy atom. The number of hydrogen-bond donors (Lipinski definition) is 1. The van der Waals surface area contributed by atoms with E-state index in [2.05, 4.69) is 21.2 Å². The van der Waals surface area contributed by atoms with Gasteiger partial charge in [0.2, 0.25) is 5.91 Å². The summed E-state index contributed by atoms with van der Waals surface area (Å²) in [7, 11) is 1.61. The first kappa shape index (κ1) is 16.3. The van der Waals surface area contributed by atoms with Crippen LogP contribution in [0.15, 0.2) is 71.2 Å². The number of carbonyl (C=O) groups is 1. The van der Waals surface area contributed by atoms with Crippen molar-refractivity contribution in [3.63, 3.8) is 0 Å². The molecule has 3 aromatic rings. The van der Waals surface area contributed by atoms with Gasteiger partial charge in [-0.2, -0.15) is 0 Å². The van der Waals surface area contributed by atoms with Crippen LogP contribution in [0, 0.1) is 0 Å². The van der Waals surface area contributed by atoms with Crippen molar-refractivity contribution in [3.05, 3.63) is 76.8 Å². The summed E-state index contributed by atoms with van der Waals surface area (Å²) in [6, 6.07) is 19.5. The van der Waals surface area contributed by atoms with Gasteiger partial charge < -0.3 is 10.1 Å².